The first-order chi connectivity index (χ1) is 6.83. The number of hydrogen-bond donors (Lipinski definition) is 1. The van der Waals surface area contributed by atoms with Gasteiger partial charge in [0.25, 0.3) is 0 Å². The molecule has 1 fully saturated rings. The topological polar surface area (TPSA) is 20.2 Å². The van der Waals surface area contributed by atoms with Crippen LogP contribution in [-0.2, 0) is 0 Å². The molecule has 0 aliphatic heterocycles. The standard InChI is InChI=1S/C13H18O/c1-2-13(14)12-9-4-3-8-11(12)10-6-5-7-10/h3-4,8-10,13-14H,2,5-7H2,1H3. The maximum absolute atomic E-state index is 9.88. The summed E-state index contributed by atoms with van der Waals surface area (Å²) in [5, 5.41) is 9.88. The van der Waals surface area contributed by atoms with Crippen molar-refractivity contribution in [3.05, 3.63) is 35.4 Å². The van der Waals surface area contributed by atoms with Crippen molar-refractivity contribution in [2.24, 2.45) is 0 Å². The highest BCUT2D eigenvalue weighted by atomic mass is 16.3. The smallest absolute Gasteiger partial charge is 0.0790 e. The van der Waals surface area contributed by atoms with Gasteiger partial charge in [-0.15, -0.1) is 0 Å². The normalized spacial score (nSPS) is 19.0. The molecular formula is C13H18O. The number of rotatable bonds is 3. The second-order valence-electron chi connectivity index (χ2n) is 4.18. The van der Waals surface area contributed by atoms with Crippen molar-refractivity contribution in [1.82, 2.24) is 0 Å². The molecule has 1 heteroatoms. The van der Waals surface area contributed by atoms with E-state index in [0.29, 0.717) is 5.92 Å². The largest absolute Gasteiger partial charge is 0.388 e. The van der Waals surface area contributed by atoms with Crippen molar-refractivity contribution in [1.29, 1.82) is 0 Å². The van der Waals surface area contributed by atoms with Crippen LogP contribution in [0.4, 0.5) is 0 Å². The minimum Gasteiger partial charge on any atom is -0.388 e. The van der Waals surface area contributed by atoms with Crippen LogP contribution in [0.1, 0.15) is 55.8 Å². The molecule has 1 aromatic carbocycles. The van der Waals surface area contributed by atoms with Gasteiger partial charge in [0.1, 0.15) is 0 Å². The van der Waals surface area contributed by atoms with Gasteiger partial charge in [-0.3, -0.25) is 0 Å². The highest BCUT2D eigenvalue weighted by Crippen LogP contribution is 2.39. The van der Waals surface area contributed by atoms with Crippen LogP contribution in [0.2, 0.25) is 0 Å². The van der Waals surface area contributed by atoms with Gasteiger partial charge < -0.3 is 5.11 Å². The van der Waals surface area contributed by atoms with Crippen molar-refractivity contribution in [2.45, 2.75) is 44.6 Å². The summed E-state index contributed by atoms with van der Waals surface area (Å²) < 4.78 is 0. The van der Waals surface area contributed by atoms with Crippen LogP contribution in [0.25, 0.3) is 0 Å². The highest BCUT2D eigenvalue weighted by molar-refractivity contribution is 5.33. The van der Waals surface area contributed by atoms with Gasteiger partial charge in [0.2, 0.25) is 0 Å². The molecular weight excluding hydrogens is 172 g/mol. The Balaban J connectivity index is 2.27. The van der Waals surface area contributed by atoms with E-state index in [2.05, 4.69) is 18.2 Å². The predicted octanol–water partition coefficient (Wildman–Crippen LogP) is 3.40. The molecule has 0 amide bonds. The van der Waals surface area contributed by atoms with Crippen LogP contribution in [0, 0.1) is 0 Å². The maximum Gasteiger partial charge on any atom is 0.0790 e. The van der Waals surface area contributed by atoms with E-state index in [1.165, 1.54) is 24.8 Å². The van der Waals surface area contributed by atoms with E-state index < -0.39 is 0 Å². The molecule has 1 aliphatic rings. The van der Waals surface area contributed by atoms with Gasteiger partial charge in [-0.05, 0) is 36.3 Å². The van der Waals surface area contributed by atoms with E-state index in [9.17, 15) is 5.11 Å². The molecule has 0 radical (unpaired) electrons. The Morgan fingerprint density at radius 1 is 1.36 bits per heavy atom. The fourth-order valence-electron chi connectivity index (χ4n) is 2.13. The summed E-state index contributed by atoms with van der Waals surface area (Å²) in [6, 6.07) is 8.36. The van der Waals surface area contributed by atoms with Crippen molar-refractivity contribution in [2.75, 3.05) is 0 Å². The van der Waals surface area contributed by atoms with Gasteiger partial charge in [-0.25, -0.2) is 0 Å². The highest BCUT2D eigenvalue weighted by Gasteiger charge is 2.23. The number of benzene rings is 1. The van der Waals surface area contributed by atoms with Gasteiger partial charge in [-0.2, -0.15) is 0 Å². The average Bonchev–Trinajstić information content (AvgIpc) is 2.15. The fourth-order valence-corrected chi connectivity index (χ4v) is 2.13. The zero-order valence-corrected chi connectivity index (χ0v) is 8.74. The quantitative estimate of drug-likeness (QED) is 0.774. The van der Waals surface area contributed by atoms with Gasteiger partial charge in [0.15, 0.2) is 0 Å². The van der Waals surface area contributed by atoms with E-state index in [0.717, 1.165) is 12.0 Å². The molecule has 76 valence electrons. The lowest BCUT2D eigenvalue weighted by atomic mass is 9.77. The number of aliphatic hydroxyl groups is 1. The lowest BCUT2D eigenvalue weighted by Crippen LogP contribution is -2.12. The maximum atomic E-state index is 9.88. The molecule has 1 N–H and O–H groups in total. The van der Waals surface area contributed by atoms with E-state index in [4.69, 9.17) is 0 Å². The lowest BCUT2D eigenvalue weighted by molar-refractivity contribution is 0.171. The molecule has 14 heavy (non-hydrogen) atoms. The minimum absolute atomic E-state index is 0.271. The Labute approximate surface area is 85.8 Å². The molecule has 0 spiro atoms. The molecule has 1 aliphatic carbocycles. The molecule has 1 nitrogen and oxygen atoms in total. The molecule has 1 atom stereocenters. The summed E-state index contributed by atoms with van der Waals surface area (Å²) in [7, 11) is 0. The minimum atomic E-state index is -0.271. The van der Waals surface area contributed by atoms with Crippen molar-refractivity contribution < 1.29 is 5.11 Å². The summed E-state index contributed by atoms with van der Waals surface area (Å²) in [5.74, 6) is 0.715. The molecule has 1 saturated carbocycles. The van der Waals surface area contributed by atoms with Crippen LogP contribution in [0.15, 0.2) is 24.3 Å². The third-order valence-corrected chi connectivity index (χ3v) is 3.29. The molecule has 1 unspecified atom stereocenters. The second-order valence-corrected chi connectivity index (χ2v) is 4.18. The van der Waals surface area contributed by atoms with Gasteiger partial charge in [-0.1, -0.05) is 37.6 Å². The lowest BCUT2D eigenvalue weighted by Gasteiger charge is -2.29. The summed E-state index contributed by atoms with van der Waals surface area (Å²) >= 11 is 0. The zero-order valence-electron chi connectivity index (χ0n) is 8.74. The molecule has 0 heterocycles. The zero-order chi connectivity index (χ0) is 9.97. The fraction of sp³-hybridized carbons (Fsp3) is 0.538. The number of hydrogen-bond acceptors (Lipinski definition) is 1. The van der Waals surface area contributed by atoms with Crippen LogP contribution in [-0.4, -0.2) is 5.11 Å². The van der Waals surface area contributed by atoms with Gasteiger partial charge >= 0.3 is 0 Å². The van der Waals surface area contributed by atoms with E-state index >= 15 is 0 Å². The Morgan fingerprint density at radius 3 is 2.64 bits per heavy atom. The summed E-state index contributed by atoms with van der Waals surface area (Å²) in [6.07, 6.45) is 4.48. The Kier molecular flexibility index (Phi) is 2.87. The van der Waals surface area contributed by atoms with Gasteiger partial charge in [0.05, 0.1) is 6.10 Å². The van der Waals surface area contributed by atoms with Crippen LogP contribution >= 0.6 is 0 Å². The van der Waals surface area contributed by atoms with Crippen molar-refractivity contribution >= 4 is 0 Å². The van der Waals surface area contributed by atoms with Crippen molar-refractivity contribution in [3.8, 4) is 0 Å². The van der Waals surface area contributed by atoms with E-state index in [1.54, 1.807) is 0 Å². The Morgan fingerprint density at radius 2 is 2.07 bits per heavy atom. The molecule has 0 bridgehead atoms. The second kappa shape index (κ2) is 4.14. The summed E-state index contributed by atoms with van der Waals surface area (Å²) in [6.45, 7) is 2.03. The monoisotopic (exact) mass is 190 g/mol. The number of aliphatic hydroxyl groups excluding tert-OH is 1. The van der Waals surface area contributed by atoms with E-state index in [1.807, 2.05) is 13.0 Å². The molecule has 0 saturated heterocycles. The molecule has 1 aromatic rings. The van der Waals surface area contributed by atoms with Gasteiger partial charge in [0, 0.05) is 0 Å². The van der Waals surface area contributed by atoms with Crippen LogP contribution in [0.5, 0.6) is 0 Å². The first-order valence-electron chi connectivity index (χ1n) is 5.59. The van der Waals surface area contributed by atoms with Crippen molar-refractivity contribution in [3.63, 3.8) is 0 Å². The summed E-state index contributed by atoms with van der Waals surface area (Å²) in [4.78, 5) is 0. The summed E-state index contributed by atoms with van der Waals surface area (Å²) in [5.41, 5.74) is 2.54. The van der Waals surface area contributed by atoms with Crippen LogP contribution in [0.3, 0.4) is 0 Å². The SMILES string of the molecule is CCC(O)c1ccccc1C1CCC1. The third kappa shape index (κ3) is 1.69. The Hall–Kier alpha value is -0.820. The first-order valence-corrected chi connectivity index (χ1v) is 5.59. The molecule has 0 aromatic heterocycles. The Bertz CT molecular complexity index is 278. The third-order valence-electron chi connectivity index (χ3n) is 3.29. The first kappa shape index (κ1) is 9.72. The predicted molar refractivity (Wildman–Crippen MR) is 58.3 cm³/mol. The average molecular weight is 190 g/mol. The van der Waals surface area contributed by atoms with Crippen LogP contribution < -0.4 is 0 Å². The van der Waals surface area contributed by atoms with E-state index in [-0.39, 0.29) is 6.10 Å². The molecule has 2 rings (SSSR count).